The van der Waals surface area contributed by atoms with Gasteiger partial charge in [-0.2, -0.15) is 11.8 Å². The lowest BCUT2D eigenvalue weighted by atomic mass is 10.1. The van der Waals surface area contributed by atoms with Gasteiger partial charge in [-0.1, -0.05) is 23.7 Å². The van der Waals surface area contributed by atoms with Crippen LogP contribution in [0.3, 0.4) is 0 Å². The molecule has 3 N–H and O–H groups in total. The Kier molecular flexibility index (Phi) is 10.9. The molecule has 1 amide bonds. The van der Waals surface area contributed by atoms with E-state index < -0.39 is 6.04 Å². The Morgan fingerprint density at radius 1 is 1.52 bits per heavy atom. The molecule has 4 nitrogen and oxygen atoms in total. The third-order valence-electron chi connectivity index (χ3n) is 2.94. The van der Waals surface area contributed by atoms with Crippen molar-refractivity contribution in [1.29, 1.82) is 0 Å². The van der Waals surface area contributed by atoms with Crippen LogP contribution < -0.4 is 11.1 Å². The molecular formula is C14H22Cl2N2O2S. The van der Waals surface area contributed by atoms with E-state index in [-0.39, 0.29) is 24.4 Å². The standard InChI is InChI=1S/C14H21ClN2O2S.ClH/c1-19-13(10-4-3-5-11(15)8-10)9-17-14(18)12(16)6-7-20-2;/h3-5,8,12-13H,6-7,9,16H2,1-2H3,(H,17,18);1H/t12-,13?;/m0./s1. The van der Waals surface area contributed by atoms with Gasteiger partial charge in [0.05, 0.1) is 12.1 Å². The molecule has 7 heteroatoms. The second kappa shape index (κ2) is 11.2. The average molecular weight is 353 g/mol. The smallest absolute Gasteiger partial charge is 0.237 e. The third-order valence-corrected chi connectivity index (χ3v) is 3.82. The molecule has 0 spiro atoms. The molecule has 0 saturated carbocycles. The molecule has 0 fully saturated rings. The van der Waals surface area contributed by atoms with Crippen molar-refractivity contribution < 1.29 is 9.53 Å². The van der Waals surface area contributed by atoms with E-state index in [1.165, 1.54) is 0 Å². The maximum atomic E-state index is 11.8. The van der Waals surface area contributed by atoms with Gasteiger partial charge in [-0.3, -0.25) is 4.79 Å². The number of nitrogens with two attached hydrogens (primary N) is 1. The van der Waals surface area contributed by atoms with Gasteiger partial charge in [-0.25, -0.2) is 0 Å². The van der Waals surface area contributed by atoms with E-state index in [9.17, 15) is 4.79 Å². The Morgan fingerprint density at radius 3 is 2.81 bits per heavy atom. The van der Waals surface area contributed by atoms with Gasteiger partial charge in [0.25, 0.3) is 0 Å². The fourth-order valence-electron chi connectivity index (χ4n) is 1.74. The fraction of sp³-hybridized carbons (Fsp3) is 0.500. The summed E-state index contributed by atoms with van der Waals surface area (Å²) < 4.78 is 5.38. The number of thioether (sulfide) groups is 1. The Balaban J connectivity index is 0.00000400. The molecule has 0 aliphatic carbocycles. The Labute approximate surface area is 141 Å². The van der Waals surface area contributed by atoms with Gasteiger partial charge < -0.3 is 15.8 Å². The number of hydrogen-bond donors (Lipinski definition) is 2. The first kappa shape index (κ1) is 20.5. The van der Waals surface area contributed by atoms with Crippen molar-refractivity contribution in [2.75, 3.05) is 25.7 Å². The van der Waals surface area contributed by atoms with Crippen LogP contribution >= 0.6 is 35.8 Å². The predicted octanol–water partition coefficient (Wildman–Crippen LogP) is 2.65. The van der Waals surface area contributed by atoms with Gasteiger partial charge in [-0.05, 0) is 36.1 Å². The highest BCUT2D eigenvalue weighted by Crippen LogP contribution is 2.19. The molecular weight excluding hydrogens is 331 g/mol. The van der Waals surface area contributed by atoms with E-state index in [1.807, 2.05) is 24.5 Å². The largest absolute Gasteiger partial charge is 0.375 e. The summed E-state index contributed by atoms with van der Waals surface area (Å²) in [5.74, 6) is 0.722. The van der Waals surface area contributed by atoms with Gasteiger partial charge in [0.1, 0.15) is 0 Å². The number of ether oxygens (including phenoxy) is 1. The molecule has 0 aliphatic rings. The predicted molar refractivity (Wildman–Crippen MR) is 92.4 cm³/mol. The second-order valence-electron chi connectivity index (χ2n) is 4.41. The van der Waals surface area contributed by atoms with E-state index in [4.69, 9.17) is 22.1 Å². The van der Waals surface area contributed by atoms with Crippen LogP contribution in [0.2, 0.25) is 5.02 Å². The molecule has 0 radical (unpaired) electrons. The number of nitrogens with one attached hydrogen (secondary N) is 1. The second-order valence-corrected chi connectivity index (χ2v) is 5.83. The molecule has 1 aromatic rings. The molecule has 1 aromatic carbocycles. The minimum atomic E-state index is -0.473. The maximum absolute atomic E-state index is 11.8. The van der Waals surface area contributed by atoms with Crippen LogP contribution in [0.5, 0.6) is 0 Å². The van der Waals surface area contributed by atoms with Gasteiger partial charge in [0, 0.05) is 18.7 Å². The summed E-state index contributed by atoms with van der Waals surface area (Å²) in [6.45, 7) is 0.378. The number of hydrogen-bond acceptors (Lipinski definition) is 4. The zero-order chi connectivity index (χ0) is 15.0. The minimum absolute atomic E-state index is 0. The van der Waals surface area contributed by atoms with Crippen molar-refractivity contribution in [3.63, 3.8) is 0 Å². The zero-order valence-corrected chi connectivity index (χ0v) is 14.6. The molecule has 1 unspecified atom stereocenters. The van der Waals surface area contributed by atoms with E-state index in [2.05, 4.69) is 5.32 Å². The normalized spacial score (nSPS) is 13.1. The number of halogens is 2. The number of amides is 1. The van der Waals surface area contributed by atoms with Crippen LogP contribution in [0.4, 0.5) is 0 Å². The summed E-state index contributed by atoms with van der Waals surface area (Å²) in [6, 6.07) is 6.93. The molecule has 0 aromatic heterocycles. The minimum Gasteiger partial charge on any atom is -0.375 e. The lowest BCUT2D eigenvalue weighted by molar-refractivity contribution is -0.122. The number of carbonyl (C=O) groups is 1. The highest BCUT2D eigenvalue weighted by atomic mass is 35.5. The Bertz CT molecular complexity index is 435. The summed E-state index contributed by atoms with van der Waals surface area (Å²) in [5, 5.41) is 3.46. The van der Waals surface area contributed by atoms with Crippen LogP contribution in [0, 0.1) is 0 Å². The molecule has 1 rings (SSSR count). The van der Waals surface area contributed by atoms with E-state index in [1.54, 1.807) is 24.9 Å². The SMILES string of the molecule is COC(CNC(=O)[C@@H](N)CCSC)c1cccc(Cl)c1.Cl. The zero-order valence-electron chi connectivity index (χ0n) is 12.2. The van der Waals surface area contributed by atoms with Gasteiger partial charge >= 0.3 is 0 Å². The van der Waals surface area contributed by atoms with E-state index in [0.717, 1.165) is 11.3 Å². The summed E-state index contributed by atoms with van der Waals surface area (Å²) in [5.41, 5.74) is 6.74. The molecule has 120 valence electrons. The van der Waals surface area contributed by atoms with Crippen LogP contribution in [-0.4, -0.2) is 37.6 Å². The van der Waals surface area contributed by atoms with Crippen molar-refractivity contribution in [2.24, 2.45) is 5.73 Å². The first-order valence-corrected chi connectivity index (χ1v) is 8.16. The molecule has 0 saturated heterocycles. The van der Waals surface area contributed by atoms with Gasteiger partial charge in [0.2, 0.25) is 5.91 Å². The summed E-state index contributed by atoms with van der Waals surface area (Å²) >= 11 is 7.63. The highest BCUT2D eigenvalue weighted by Gasteiger charge is 2.16. The quantitative estimate of drug-likeness (QED) is 0.754. The molecule has 0 heterocycles. The van der Waals surface area contributed by atoms with E-state index in [0.29, 0.717) is 18.0 Å². The highest BCUT2D eigenvalue weighted by molar-refractivity contribution is 7.98. The maximum Gasteiger partial charge on any atom is 0.237 e. The molecule has 21 heavy (non-hydrogen) atoms. The summed E-state index contributed by atoms with van der Waals surface area (Å²) in [7, 11) is 1.60. The van der Waals surface area contributed by atoms with Crippen LogP contribution in [0.15, 0.2) is 24.3 Å². The monoisotopic (exact) mass is 352 g/mol. The van der Waals surface area contributed by atoms with Crippen molar-refractivity contribution in [3.8, 4) is 0 Å². The number of methoxy groups -OCH3 is 1. The van der Waals surface area contributed by atoms with Crippen LogP contribution in [0.25, 0.3) is 0 Å². The fourth-order valence-corrected chi connectivity index (χ4v) is 2.43. The van der Waals surface area contributed by atoms with Crippen LogP contribution in [-0.2, 0) is 9.53 Å². The number of rotatable bonds is 8. The summed E-state index contributed by atoms with van der Waals surface area (Å²) in [4.78, 5) is 11.8. The Morgan fingerprint density at radius 2 is 2.24 bits per heavy atom. The first-order chi connectivity index (χ1) is 9.58. The van der Waals surface area contributed by atoms with Crippen molar-refractivity contribution in [3.05, 3.63) is 34.9 Å². The Hall–Kier alpha value is -0.460. The van der Waals surface area contributed by atoms with Gasteiger partial charge in [0.15, 0.2) is 0 Å². The van der Waals surface area contributed by atoms with Gasteiger partial charge in [-0.15, -0.1) is 12.4 Å². The van der Waals surface area contributed by atoms with Crippen molar-refractivity contribution in [1.82, 2.24) is 5.32 Å². The average Bonchev–Trinajstić information content (AvgIpc) is 2.45. The third kappa shape index (κ3) is 7.38. The molecule has 2 atom stereocenters. The number of benzene rings is 1. The van der Waals surface area contributed by atoms with Crippen molar-refractivity contribution in [2.45, 2.75) is 18.6 Å². The lowest BCUT2D eigenvalue weighted by Gasteiger charge is -2.18. The summed E-state index contributed by atoms with van der Waals surface area (Å²) in [6.07, 6.45) is 2.43. The lowest BCUT2D eigenvalue weighted by Crippen LogP contribution is -2.42. The topological polar surface area (TPSA) is 64.3 Å². The number of carbonyl (C=O) groups excluding carboxylic acids is 1. The van der Waals surface area contributed by atoms with E-state index >= 15 is 0 Å². The van der Waals surface area contributed by atoms with Crippen LogP contribution in [0.1, 0.15) is 18.1 Å². The van der Waals surface area contributed by atoms with Crippen molar-refractivity contribution >= 4 is 41.7 Å². The molecule has 0 aliphatic heterocycles. The first-order valence-electron chi connectivity index (χ1n) is 6.39. The molecule has 0 bridgehead atoms.